The first-order valence-electron chi connectivity index (χ1n) is 12.2. The van der Waals surface area contributed by atoms with Gasteiger partial charge in [-0.25, -0.2) is 0 Å². The van der Waals surface area contributed by atoms with Gasteiger partial charge in [0.25, 0.3) is 5.91 Å². The largest absolute Gasteiger partial charge is 0.454 e. The van der Waals surface area contributed by atoms with Crippen molar-refractivity contribution in [3.05, 3.63) is 59.2 Å². The molecular formula is C27H31N3O5S. The number of carbonyl (C=O) groups is 3. The van der Waals surface area contributed by atoms with Gasteiger partial charge in [-0.3, -0.25) is 14.4 Å². The van der Waals surface area contributed by atoms with E-state index >= 15 is 0 Å². The predicted molar refractivity (Wildman–Crippen MR) is 137 cm³/mol. The normalized spacial score (nSPS) is 21.8. The molecule has 0 unspecified atom stereocenters. The van der Waals surface area contributed by atoms with Gasteiger partial charge in [0.15, 0.2) is 11.5 Å². The van der Waals surface area contributed by atoms with Crippen LogP contribution in [0, 0.1) is 5.92 Å². The quantitative estimate of drug-likeness (QED) is 0.592. The first-order chi connectivity index (χ1) is 17.2. The smallest absolute Gasteiger partial charge is 0.256 e. The number of amides is 3. The third-order valence-electron chi connectivity index (χ3n) is 6.79. The second kappa shape index (κ2) is 9.35. The first kappa shape index (κ1) is 24.5. The third-order valence-corrected chi connectivity index (χ3v) is 8.32. The molecule has 9 heteroatoms. The maximum Gasteiger partial charge on any atom is 0.256 e. The summed E-state index contributed by atoms with van der Waals surface area (Å²) >= 11 is 1.61. The van der Waals surface area contributed by atoms with E-state index in [-0.39, 0.29) is 35.8 Å². The molecule has 8 nitrogen and oxygen atoms in total. The molecule has 36 heavy (non-hydrogen) atoms. The van der Waals surface area contributed by atoms with Gasteiger partial charge in [0.2, 0.25) is 18.6 Å². The molecule has 190 valence electrons. The molecule has 0 radical (unpaired) electrons. The number of nitrogens with one attached hydrogen (secondary N) is 2. The Morgan fingerprint density at radius 2 is 1.89 bits per heavy atom. The van der Waals surface area contributed by atoms with Crippen LogP contribution in [0.2, 0.25) is 0 Å². The van der Waals surface area contributed by atoms with Gasteiger partial charge in [-0.15, -0.1) is 11.8 Å². The molecule has 2 N–H and O–H groups in total. The number of nitrogens with zero attached hydrogens (tertiary/aromatic N) is 1. The van der Waals surface area contributed by atoms with Crippen LogP contribution in [0.5, 0.6) is 11.5 Å². The summed E-state index contributed by atoms with van der Waals surface area (Å²) in [5, 5.41) is 5.72. The highest BCUT2D eigenvalue weighted by Crippen LogP contribution is 2.56. The summed E-state index contributed by atoms with van der Waals surface area (Å²) in [6, 6.07) is 11.6. The third kappa shape index (κ3) is 4.40. The van der Waals surface area contributed by atoms with Gasteiger partial charge in [-0.2, -0.15) is 0 Å². The number of carbonyl (C=O) groups excluding carboxylic acids is 3. The minimum absolute atomic E-state index is 0.138. The average molecular weight is 510 g/mol. The van der Waals surface area contributed by atoms with Crippen molar-refractivity contribution in [2.75, 3.05) is 6.79 Å². The van der Waals surface area contributed by atoms with E-state index in [2.05, 4.69) is 10.6 Å². The van der Waals surface area contributed by atoms with Gasteiger partial charge in [-0.1, -0.05) is 38.1 Å². The fourth-order valence-corrected chi connectivity index (χ4v) is 6.71. The van der Waals surface area contributed by atoms with Gasteiger partial charge in [0.1, 0.15) is 17.5 Å². The van der Waals surface area contributed by atoms with Crippen molar-refractivity contribution in [1.82, 2.24) is 15.5 Å². The van der Waals surface area contributed by atoms with Gasteiger partial charge >= 0.3 is 0 Å². The zero-order chi connectivity index (χ0) is 25.6. The Balaban J connectivity index is 1.30. The van der Waals surface area contributed by atoms with E-state index in [0.29, 0.717) is 30.0 Å². The van der Waals surface area contributed by atoms with Gasteiger partial charge in [-0.05, 0) is 55.5 Å². The Bertz CT molecular complexity index is 1210. The zero-order valence-electron chi connectivity index (χ0n) is 20.9. The Hall–Kier alpha value is -3.20. The second-order valence-electron chi connectivity index (χ2n) is 10.4. The lowest BCUT2D eigenvalue weighted by molar-refractivity contribution is -0.132. The fraction of sp³-hybridized carbons (Fsp3) is 0.444. The lowest BCUT2D eigenvalue weighted by atomic mass is 9.98. The van der Waals surface area contributed by atoms with E-state index in [1.807, 2.05) is 70.2 Å². The van der Waals surface area contributed by atoms with Crippen molar-refractivity contribution in [1.29, 1.82) is 0 Å². The first-order valence-corrected chi connectivity index (χ1v) is 13.1. The van der Waals surface area contributed by atoms with Crippen molar-refractivity contribution < 1.29 is 23.9 Å². The molecule has 5 rings (SSSR count). The Morgan fingerprint density at radius 1 is 1.14 bits per heavy atom. The molecule has 2 aromatic rings. The highest BCUT2D eigenvalue weighted by molar-refractivity contribution is 8.01. The summed E-state index contributed by atoms with van der Waals surface area (Å²) in [6.07, 6.45) is 0.483. The van der Waals surface area contributed by atoms with Crippen LogP contribution in [0.25, 0.3) is 0 Å². The van der Waals surface area contributed by atoms with Crippen molar-refractivity contribution in [2.24, 2.45) is 5.92 Å². The molecule has 3 heterocycles. The predicted octanol–water partition coefficient (Wildman–Crippen LogP) is 3.61. The van der Waals surface area contributed by atoms with Crippen LogP contribution in [-0.2, 0) is 16.1 Å². The summed E-state index contributed by atoms with van der Waals surface area (Å²) in [5.41, 5.74) is 2.46. The molecule has 3 aliphatic rings. The van der Waals surface area contributed by atoms with E-state index in [4.69, 9.17) is 9.47 Å². The number of rotatable bonds is 7. The average Bonchev–Trinajstić information content (AvgIpc) is 3.48. The Labute approximate surface area is 215 Å². The van der Waals surface area contributed by atoms with Gasteiger partial charge in [0, 0.05) is 16.9 Å². The van der Waals surface area contributed by atoms with Crippen molar-refractivity contribution in [3.63, 3.8) is 0 Å². The molecule has 1 saturated heterocycles. The van der Waals surface area contributed by atoms with Crippen molar-refractivity contribution >= 4 is 29.5 Å². The molecule has 3 atom stereocenters. The van der Waals surface area contributed by atoms with E-state index in [1.54, 1.807) is 16.7 Å². The number of benzene rings is 2. The van der Waals surface area contributed by atoms with Crippen molar-refractivity contribution in [2.45, 2.75) is 62.9 Å². The molecule has 2 aromatic carbocycles. The lowest BCUT2D eigenvalue weighted by Gasteiger charge is -2.31. The van der Waals surface area contributed by atoms with E-state index in [1.165, 1.54) is 0 Å². The highest BCUT2D eigenvalue weighted by Gasteiger charge is 2.57. The molecule has 3 amide bonds. The summed E-state index contributed by atoms with van der Waals surface area (Å²) < 4.78 is 10.2. The highest BCUT2D eigenvalue weighted by atomic mass is 32.2. The van der Waals surface area contributed by atoms with Gasteiger partial charge < -0.3 is 25.0 Å². The van der Waals surface area contributed by atoms with Crippen LogP contribution >= 0.6 is 11.8 Å². The monoisotopic (exact) mass is 509 g/mol. The number of hydrogen-bond acceptors (Lipinski definition) is 6. The molecule has 3 aliphatic heterocycles. The summed E-state index contributed by atoms with van der Waals surface area (Å²) in [6.45, 7) is 8.47. The fourth-order valence-electron chi connectivity index (χ4n) is 5.12. The minimum atomic E-state index is -0.716. The number of fused-ring (bicyclic) bond motifs is 4. The topological polar surface area (TPSA) is 97.0 Å². The Kier molecular flexibility index (Phi) is 6.36. The number of hydrogen-bond donors (Lipinski definition) is 2. The number of thioether (sulfide) groups is 1. The SMILES string of the molecule is CC(C)C[C@H](NC(=O)[C@H]1N2C(=O)c3ccccc3[C@H]2SC1(C)C)C(=O)NCc1ccc2c(c1)OCO2. The minimum Gasteiger partial charge on any atom is -0.454 e. The van der Waals surface area contributed by atoms with Crippen LogP contribution in [0.4, 0.5) is 0 Å². The van der Waals surface area contributed by atoms with Crippen LogP contribution in [0.15, 0.2) is 42.5 Å². The van der Waals surface area contributed by atoms with E-state index < -0.39 is 16.8 Å². The molecule has 0 spiro atoms. The zero-order valence-corrected chi connectivity index (χ0v) is 21.7. The maximum absolute atomic E-state index is 13.7. The van der Waals surface area contributed by atoms with Crippen LogP contribution in [0.1, 0.15) is 61.0 Å². The van der Waals surface area contributed by atoms with E-state index in [9.17, 15) is 14.4 Å². The van der Waals surface area contributed by atoms with Crippen LogP contribution in [0.3, 0.4) is 0 Å². The van der Waals surface area contributed by atoms with E-state index in [0.717, 1.165) is 11.1 Å². The molecule has 0 aliphatic carbocycles. The standard InChI is InChI=1S/C27H31N3O5S/c1-15(2)11-19(23(31)28-13-16-9-10-20-21(12-16)35-14-34-20)29-24(32)22-27(3,4)36-26-18-8-6-5-7-17(18)25(33)30(22)26/h5-10,12,15,19,22,26H,11,13-14H2,1-4H3,(H,28,31)(H,29,32)/t19-,22+,26+/m0/s1. The number of ether oxygens (including phenoxy) is 2. The summed E-state index contributed by atoms with van der Waals surface area (Å²) in [7, 11) is 0. The van der Waals surface area contributed by atoms with Gasteiger partial charge in [0.05, 0.1) is 0 Å². The second-order valence-corrected chi connectivity index (χ2v) is 12.1. The van der Waals surface area contributed by atoms with Crippen LogP contribution < -0.4 is 20.1 Å². The van der Waals surface area contributed by atoms with Crippen molar-refractivity contribution in [3.8, 4) is 11.5 Å². The Morgan fingerprint density at radius 3 is 2.67 bits per heavy atom. The van der Waals surface area contributed by atoms with Crippen LogP contribution in [-0.4, -0.2) is 46.2 Å². The lowest BCUT2D eigenvalue weighted by Crippen LogP contribution is -2.57. The summed E-state index contributed by atoms with van der Waals surface area (Å²) in [5.74, 6) is 0.819. The molecule has 0 bridgehead atoms. The molecular weight excluding hydrogens is 478 g/mol. The molecule has 1 fully saturated rings. The summed E-state index contributed by atoms with van der Waals surface area (Å²) in [4.78, 5) is 41.8. The molecule has 0 saturated carbocycles. The molecule has 0 aromatic heterocycles. The maximum atomic E-state index is 13.7.